The summed E-state index contributed by atoms with van der Waals surface area (Å²) in [5.74, 6) is 0.187. The van der Waals surface area contributed by atoms with Gasteiger partial charge in [-0.25, -0.2) is 0 Å². The molecule has 1 fully saturated rings. The van der Waals surface area contributed by atoms with Crippen molar-refractivity contribution < 1.29 is 9.53 Å². The van der Waals surface area contributed by atoms with Gasteiger partial charge in [-0.2, -0.15) is 0 Å². The highest BCUT2D eigenvalue weighted by Crippen LogP contribution is 2.18. The first-order chi connectivity index (χ1) is 9.76. The van der Waals surface area contributed by atoms with E-state index in [2.05, 4.69) is 11.8 Å². The van der Waals surface area contributed by atoms with Crippen LogP contribution in [-0.2, 0) is 4.74 Å². The fourth-order valence-corrected chi connectivity index (χ4v) is 3.43. The third-order valence-corrected chi connectivity index (χ3v) is 4.69. The molecule has 20 heavy (non-hydrogen) atoms. The van der Waals surface area contributed by atoms with Crippen LogP contribution in [0.5, 0.6) is 0 Å². The van der Waals surface area contributed by atoms with E-state index in [4.69, 9.17) is 4.74 Å². The highest BCUT2D eigenvalue weighted by molar-refractivity contribution is 7.12. The molecule has 1 aromatic heterocycles. The van der Waals surface area contributed by atoms with Gasteiger partial charge < -0.3 is 9.64 Å². The van der Waals surface area contributed by atoms with Crippen LogP contribution in [0.15, 0.2) is 17.5 Å². The van der Waals surface area contributed by atoms with Gasteiger partial charge in [0.2, 0.25) is 0 Å². The predicted octanol–water partition coefficient (Wildman–Crippen LogP) is 2.32. The summed E-state index contributed by atoms with van der Waals surface area (Å²) in [6.07, 6.45) is 2.28. The van der Waals surface area contributed by atoms with Crippen LogP contribution in [0.4, 0.5) is 0 Å². The Labute approximate surface area is 125 Å². The van der Waals surface area contributed by atoms with Crippen molar-refractivity contribution in [3.8, 4) is 0 Å². The number of thiophene rings is 1. The number of methoxy groups -OCH3 is 1. The zero-order valence-corrected chi connectivity index (χ0v) is 13.2. The second-order valence-electron chi connectivity index (χ2n) is 5.20. The van der Waals surface area contributed by atoms with Gasteiger partial charge in [-0.3, -0.25) is 9.69 Å². The second kappa shape index (κ2) is 7.76. The maximum Gasteiger partial charge on any atom is 0.264 e. The lowest BCUT2D eigenvalue weighted by Gasteiger charge is -2.41. The Morgan fingerprint density at radius 1 is 1.50 bits per heavy atom. The number of carbonyl (C=O) groups is 1. The zero-order valence-electron chi connectivity index (χ0n) is 12.4. The molecule has 1 saturated heterocycles. The highest BCUT2D eigenvalue weighted by Gasteiger charge is 2.29. The first kappa shape index (κ1) is 15.5. The van der Waals surface area contributed by atoms with Gasteiger partial charge in [0.1, 0.15) is 0 Å². The van der Waals surface area contributed by atoms with Crippen LogP contribution >= 0.6 is 11.3 Å². The van der Waals surface area contributed by atoms with E-state index >= 15 is 0 Å². The summed E-state index contributed by atoms with van der Waals surface area (Å²) in [5.41, 5.74) is 0. The third-order valence-electron chi connectivity index (χ3n) is 3.83. The van der Waals surface area contributed by atoms with Crippen molar-refractivity contribution in [2.45, 2.75) is 25.8 Å². The van der Waals surface area contributed by atoms with Gasteiger partial charge in [0.25, 0.3) is 5.91 Å². The summed E-state index contributed by atoms with van der Waals surface area (Å²) >= 11 is 1.53. The quantitative estimate of drug-likeness (QED) is 0.807. The Balaban J connectivity index is 1.96. The molecule has 0 radical (unpaired) electrons. The molecule has 1 aromatic rings. The lowest BCUT2D eigenvalue weighted by molar-refractivity contribution is 0.0374. The number of hydrogen-bond donors (Lipinski definition) is 0. The van der Waals surface area contributed by atoms with Crippen LogP contribution in [0.1, 0.15) is 29.4 Å². The fourth-order valence-electron chi connectivity index (χ4n) is 2.74. The molecule has 0 saturated carbocycles. The van der Waals surface area contributed by atoms with E-state index in [1.165, 1.54) is 11.3 Å². The zero-order chi connectivity index (χ0) is 14.4. The topological polar surface area (TPSA) is 32.8 Å². The molecule has 2 heterocycles. The van der Waals surface area contributed by atoms with E-state index in [9.17, 15) is 4.79 Å². The van der Waals surface area contributed by atoms with Crippen molar-refractivity contribution in [1.29, 1.82) is 0 Å². The molecular formula is C15H24N2O2S. The van der Waals surface area contributed by atoms with Crippen LogP contribution in [0.2, 0.25) is 0 Å². The Bertz CT molecular complexity index is 408. The average molecular weight is 296 g/mol. The molecule has 112 valence electrons. The monoisotopic (exact) mass is 296 g/mol. The molecule has 1 aliphatic rings. The minimum atomic E-state index is 0.187. The summed E-state index contributed by atoms with van der Waals surface area (Å²) in [5, 5.41) is 1.96. The number of rotatable bonds is 6. The fraction of sp³-hybridized carbons (Fsp3) is 0.667. The summed E-state index contributed by atoms with van der Waals surface area (Å²) in [6.45, 7) is 6.54. The molecule has 0 N–H and O–H groups in total. The van der Waals surface area contributed by atoms with E-state index in [-0.39, 0.29) is 5.91 Å². The van der Waals surface area contributed by atoms with Crippen LogP contribution in [0, 0.1) is 0 Å². The van der Waals surface area contributed by atoms with Crippen LogP contribution in [-0.4, -0.2) is 61.6 Å². The third kappa shape index (κ3) is 3.81. The van der Waals surface area contributed by atoms with Crippen molar-refractivity contribution in [1.82, 2.24) is 9.80 Å². The molecule has 0 bridgehead atoms. The molecule has 1 amide bonds. The predicted molar refractivity (Wildman–Crippen MR) is 82.4 cm³/mol. The van der Waals surface area contributed by atoms with Gasteiger partial charge >= 0.3 is 0 Å². The minimum absolute atomic E-state index is 0.187. The largest absolute Gasteiger partial charge is 0.383 e. The number of nitrogens with zero attached hydrogens (tertiary/aromatic N) is 2. The first-order valence-corrected chi connectivity index (χ1v) is 8.20. The van der Waals surface area contributed by atoms with Crippen molar-refractivity contribution >= 4 is 17.2 Å². The maximum absolute atomic E-state index is 12.4. The minimum Gasteiger partial charge on any atom is -0.383 e. The summed E-state index contributed by atoms with van der Waals surface area (Å²) < 4.78 is 5.18. The van der Waals surface area contributed by atoms with Gasteiger partial charge in [0, 0.05) is 39.3 Å². The van der Waals surface area contributed by atoms with E-state index in [0.29, 0.717) is 6.04 Å². The number of carbonyl (C=O) groups excluding carboxylic acids is 1. The SMILES string of the molecule is CCCC1CN(C(=O)c2cccs2)CCN1CCOC. The molecule has 0 aromatic carbocycles. The van der Waals surface area contributed by atoms with Crippen molar-refractivity contribution in [2.75, 3.05) is 39.9 Å². The molecule has 0 aliphatic carbocycles. The van der Waals surface area contributed by atoms with Gasteiger partial charge in [-0.15, -0.1) is 11.3 Å². The smallest absolute Gasteiger partial charge is 0.264 e. The van der Waals surface area contributed by atoms with E-state index in [1.807, 2.05) is 22.4 Å². The van der Waals surface area contributed by atoms with Crippen LogP contribution in [0.3, 0.4) is 0 Å². The van der Waals surface area contributed by atoms with Crippen LogP contribution in [0.25, 0.3) is 0 Å². The second-order valence-corrected chi connectivity index (χ2v) is 6.15. The normalized spacial score (nSPS) is 20.3. The number of hydrogen-bond acceptors (Lipinski definition) is 4. The lowest BCUT2D eigenvalue weighted by atomic mass is 10.1. The summed E-state index contributed by atoms with van der Waals surface area (Å²) in [7, 11) is 1.74. The number of piperazine rings is 1. The molecule has 1 aliphatic heterocycles. The highest BCUT2D eigenvalue weighted by atomic mass is 32.1. The van der Waals surface area contributed by atoms with Gasteiger partial charge in [-0.05, 0) is 17.9 Å². The Hall–Kier alpha value is -0.910. The molecule has 4 nitrogen and oxygen atoms in total. The van der Waals surface area contributed by atoms with Crippen molar-refractivity contribution in [3.63, 3.8) is 0 Å². The van der Waals surface area contributed by atoms with Gasteiger partial charge in [-0.1, -0.05) is 19.4 Å². The maximum atomic E-state index is 12.4. The average Bonchev–Trinajstić information content (AvgIpc) is 2.99. The number of amides is 1. The summed E-state index contributed by atoms with van der Waals surface area (Å²) in [6, 6.07) is 4.32. The molecular weight excluding hydrogens is 272 g/mol. The number of ether oxygens (including phenoxy) is 1. The molecule has 1 atom stereocenters. The standard InChI is InChI=1S/C15H24N2O2S/c1-3-5-13-12-17(8-7-16(13)9-10-19-2)15(18)14-6-4-11-20-14/h4,6,11,13H,3,5,7-10,12H2,1-2H3. The van der Waals surface area contributed by atoms with E-state index in [0.717, 1.165) is 50.5 Å². The first-order valence-electron chi connectivity index (χ1n) is 7.32. The molecule has 0 spiro atoms. The molecule has 2 rings (SSSR count). The van der Waals surface area contributed by atoms with E-state index < -0.39 is 0 Å². The Morgan fingerprint density at radius 3 is 3.00 bits per heavy atom. The Kier molecular flexibility index (Phi) is 6.01. The van der Waals surface area contributed by atoms with Gasteiger partial charge in [0.15, 0.2) is 0 Å². The van der Waals surface area contributed by atoms with E-state index in [1.54, 1.807) is 7.11 Å². The Morgan fingerprint density at radius 2 is 2.35 bits per heavy atom. The molecule has 5 heteroatoms. The van der Waals surface area contributed by atoms with Crippen LogP contribution < -0.4 is 0 Å². The molecule has 1 unspecified atom stereocenters. The summed E-state index contributed by atoms with van der Waals surface area (Å²) in [4.78, 5) is 17.7. The lowest BCUT2D eigenvalue weighted by Crippen LogP contribution is -2.55. The van der Waals surface area contributed by atoms with Crippen molar-refractivity contribution in [2.24, 2.45) is 0 Å². The van der Waals surface area contributed by atoms with Gasteiger partial charge in [0.05, 0.1) is 11.5 Å². The van der Waals surface area contributed by atoms with Crippen molar-refractivity contribution in [3.05, 3.63) is 22.4 Å².